The molecule has 2 aliphatic rings. The topological polar surface area (TPSA) is 124 Å². The number of nitrogens with zero attached hydrogens (tertiary/aromatic N) is 3. The quantitative estimate of drug-likeness (QED) is 0.300. The number of hydrogen-bond acceptors (Lipinski definition) is 7. The van der Waals surface area contributed by atoms with E-state index in [9.17, 15) is 9.59 Å². The number of aromatic amines is 1. The van der Waals surface area contributed by atoms with Gasteiger partial charge in [-0.1, -0.05) is 12.0 Å². The van der Waals surface area contributed by atoms with Gasteiger partial charge in [-0.25, -0.2) is 9.97 Å². The monoisotopic (exact) mass is 483 g/mol. The van der Waals surface area contributed by atoms with Crippen molar-refractivity contribution in [2.75, 3.05) is 50.0 Å². The first kappa shape index (κ1) is 23.3. The van der Waals surface area contributed by atoms with E-state index in [2.05, 4.69) is 41.7 Å². The number of benzene rings is 1. The van der Waals surface area contributed by atoms with Gasteiger partial charge >= 0.3 is 0 Å². The first-order valence-electron chi connectivity index (χ1n) is 11.6. The van der Waals surface area contributed by atoms with Crippen LogP contribution in [0.5, 0.6) is 0 Å². The van der Waals surface area contributed by atoms with Crippen molar-refractivity contribution in [1.29, 1.82) is 0 Å². The molecule has 1 fully saturated rings. The zero-order valence-electron chi connectivity index (χ0n) is 19.5. The molecule has 182 valence electrons. The summed E-state index contributed by atoms with van der Waals surface area (Å²) >= 11 is 0. The number of ether oxygens (including phenoxy) is 1. The van der Waals surface area contributed by atoms with Crippen LogP contribution in [0.25, 0.3) is 11.6 Å². The van der Waals surface area contributed by atoms with Gasteiger partial charge in [0.05, 0.1) is 24.4 Å². The summed E-state index contributed by atoms with van der Waals surface area (Å²) in [4.78, 5) is 39.2. The van der Waals surface area contributed by atoms with Crippen molar-refractivity contribution in [3.63, 3.8) is 0 Å². The Labute approximate surface area is 208 Å². The third-order valence-electron chi connectivity index (χ3n) is 5.96. The van der Waals surface area contributed by atoms with Crippen LogP contribution in [0.3, 0.4) is 0 Å². The molecular weight excluding hydrogens is 458 g/mol. The van der Waals surface area contributed by atoms with Gasteiger partial charge in [0.1, 0.15) is 23.7 Å². The molecule has 2 aliphatic heterocycles. The predicted molar refractivity (Wildman–Crippen MR) is 137 cm³/mol. The van der Waals surface area contributed by atoms with E-state index in [1.807, 2.05) is 24.3 Å². The van der Waals surface area contributed by atoms with Gasteiger partial charge in [-0.15, -0.1) is 6.42 Å². The van der Waals surface area contributed by atoms with E-state index in [-0.39, 0.29) is 11.8 Å². The molecule has 2 aromatic heterocycles. The molecule has 2 amide bonds. The number of carbonyl (C=O) groups is 2. The lowest BCUT2D eigenvalue weighted by molar-refractivity contribution is -0.110. The average Bonchev–Trinajstić information content (AvgIpc) is 3.50. The predicted octanol–water partition coefficient (Wildman–Crippen LogP) is 2.08. The average molecular weight is 484 g/mol. The molecule has 3 aromatic rings. The molecule has 36 heavy (non-hydrogen) atoms. The second-order valence-electron chi connectivity index (χ2n) is 8.35. The zero-order chi connectivity index (χ0) is 24.9. The molecule has 4 heterocycles. The molecule has 1 aromatic carbocycles. The van der Waals surface area contributed by atoms with Crippen LogP contribution in [0.2, 0.25) is 0 Å². The number of morpholine rings is 1. The Bertz CT molecular complexity index is 1370. The van der Waals surface area contributed by atoms with Crippen LogP contribution in [0.15, 0.2) is 42.7 Å². The molecule has 0 atom stereocenters. The van der Waals surface area contributed by atoms with Gasteiger partial charge in [0.25, 0.3) is 11.8 Å². The van der Waals surface area contributed by atoms with E-state index in [4.69, 9.17) is 11.2 Å². The second kappa shape index (κ2) is 10.4. The van der Waals surface area contributed by atoms with E-state index >= 15 is 0 Å². The SMILES string of the molecule is C#Cc1cccc(Nc2ncnc3c2C(=Cc2ccc(C(=O)NCCN4CCOCC4)[nH]2)C(=O)N3)c1. The number of terminal acetylenes is 1. The smallest absolute Gasteiger partial charge is 0.267 e. The number of nitrogens with one attached hydrogen (secondary N) is 4. The van der Waals surface area contributed by atoms with E-state index < -0.39 is 0 Å². The summed E-state index contributed by atoms with van der Waals surface area (Å²) in [5.41, 5.74) is 3.40. The van der Waals surface area contributed by atoms with Gasteiger partial charge in [0.15, 0.2) is 0 Å². The fraction of sp³-hybridized carbons (Fsp3) is 0.231. The molecule has 1 saturated heterocycles. The van der Waals surface area contributed by atoms with E-state index in [0.29, 0.717) is 40.7 Å². The highest BCUT2D eigenvalue weighted by Gasteiger charge is 2.29. The molecule has 0 unspecified atom stereocenters. The Hall–Kier alpha value is -4.46. The van der Waals surface area contributed by atoms with Crippen LogP contribution in [-0.2, 0) is 9.53 Å². The van der Waals surface area contributed by atoms with E-state index in [1.54, 1.807) is 18.2 Å². The third-order valence-corrected chi connectivity index (χ3v) is 5.96. The van der Waals surface area contributed by atoms with E-state index in [0.717, 1.165) is 44.1 Å². The van der Waals surface area contributed by atoms with Crippen molar-refractivity contribution in [2.24, 2.45) is 0 Å². The second-order valence-corrected chi connectivity index (χ2v) is 8.35. The number of aromatic nitrogens is 3. The molecule has 0 saturated carbocycles. The Kier molecular flexibility index (Phi) is 6.75. The van der Waals surface area contributed by atoms with Crippen molar-refractivity contribution < 1.29 is 14.3 Å². The third kappa shape index (κ3) is 5.12. The van der Waals surface area contributed by atoms with Crippen LogP contribution < -0.4 is 16.0 Å². The van der Waals surface area contributed by atoms with Gasteiger partial charge in [0.2, 0.25) is 0 Å². The minimum atomic E-state index is -0.308. The van der Waals surface area contributed by atoms with Crippen molar-refractivity contribution in [1.82, 2.24) is 25.2 Å². The van der Waals surface area contributed by atoms with Gasteiger partial charge < -0.3 is 25.7 Å². The van der Waals surface area contributed by atoms with Gasteiger partial charge in [0, 0.05) is 43.1 Å². The summed E-state index contributed by atoms with van der Waals surface area (Å²) in [6, 6.07) is 10.8. The molecular formula is C26H25N7O3. The number of rotatable bonds is 7. The fourth-order valence-electron chi connectivity index (χ4n) is 4.11. The molecule has 0 spiro atoms. The zero-order valence-corrected chi connectivity index (χ0v) is 19.5. The summed E-state index contributed by atoms with van der Waals surface area (Å²) in [7, 11) is 0. The Morgan fingerprint density at radius 1 is 1.22 bits per heavy atom. The van der Waals surface area contributed by atoms with Gasteiger partial charge in [-0.2, -0.15) is 0 Å². The van der Waals surface area contributed by atoms with E-state index in [1.165, 1.54) is 6.33 Å². The standard InChI is InChI=1S/C26H25N7O3/c1-2-17-4-3-5-18(14-17)31-23-22-20(25(34)32-24(22)29-16-28-23)15-19-6-7-21(30-19)26(35)27-8-9-33-10-12-36-13-11-33/h1,3-7,14-16,30H,8-13H2,(H,27,35)(H2,28,29,31,32,34). The number of H-pyrrole nitrogens is 1. The normalized spacial score (nSPS) is 16.3. The Morgan fingerprint density at radius 3 is 2.92 bits per heavy atom. The van der Waals surface area contributed by atoms with Gasteiger partial charge in [-0.05, 0) is 36.4 Å². The largest absolute Gasteiger partial charge is 0.379 e. The number of fused-ring (bicyclic) bond motifs is 1. The summed E-state index contributed by atoms with van der Waals surface area (Å²) in [6.07, 6.45) is 8.56. The number of amides is 2. The maximum Gasteiger partial charge on any atom is 0.267 e. The summed E-state index contributed by atoms with van der Waals surface area (Å²) in [5, 5.41) is 8.92. The summed E-state index contributed by atoms with van der Waals surface area (Å²) in [6.45, 7) is 4.49. The Balaban J connectivity index is 1.32. The fourth-order valence-corrected chi connectivity index (χ4v) is 4.11. The first-order chi connectivity index (χ1) is 17.6. The minimum absolute atomic E-state index is 0.205. The molecule has 0 aliphatic carbocycles. The lowest BCUT2D eigenvalue weighted by Gasteiger charge is -2.26. The van der Waals surface area contributed by atoms with Crippen LogP contribution in [0.1, 0.15) is 27.3 Å². The minimum Gasteiger partial charge on any atom is -0.379 e. The first-order valence-corrected chi connectivity index (χ1v) is 11.6. The number of carbonyl (C=O) groups excluding carboxylic acids is 2. The lowest BCUT2D eigenvalue weighted by Crippen LogP contribution is -2.41. The maximum absolute atomic E-state index is 12.8. The highest BCUT2D eigenvalue weighted by molar-refractivity contribution is 6.35. The molecule has 0 radical (unpaired) electrons. The highest BCUT2D eigenvalue weighted by Crippen LogP contribution is 2.36. The van der Waals surface area contributed by atoms with Gasteiger partial charge in [-0.3, -0.25) is 14.5 Å². The lowest BCUT2D eigenvalue weighted by atomic mass is 10.1. The summed E-state index contributed by atoms with van der Waals surface area (Å²) in [5.74, 6) is 2.96. The molecule has 0 bridgehead atoms. The highest BCUT2D eigenvalue weighted by atomic mass is 16.5. The number of hydrogen-bond donors (Lipinski definition) is 4. The number of anilines is 3. The molecule has 10 heteroatoms. The maximum atomic E-state index is 12.8. The molecule has 10 nitrogen and oxygen atoms in total. The molecule has 4 N–H and O–H groups in total. The van der Waals surface area contributed by atoms with Crippen molar-refractivity contribution in [3.05, 3.63) is 65.2 Å². The van der Waals surface area contributed by atoms with Crippen molar-refractivity contribution in [3.8, 4) is 12.3 Å². The summed E-state index contributed by atoms with van der Waals surface area (Å²) < 4.78 is 5.34. The molecule has 5 rings (SSSR count). The van der Waals surface area contributed by atoms with Crippen molar-refractivity contribution in [2.45, 2.75) is 0 Å². The van der Waals surface area contributed by atoms with Crippen LogP contribution in [0, 0.1) is 12.3 Å². The van der Waals surface area contributed by atoms with Crippen LogP contribution in [-0.4, -0.2) is 71.1 Å². The van der Waals surface area contributed by atoms with Crippen LogP contribution >= 0.6 is 0 Å². The van der Waals surface area contributed by atoms with Crippen molar-refractivity contribution >= 4 is 40.8 Å². The Morgan fingerprint density at radius 2 is 2.08 bits per heavy atom. The van der Waals surface area contributed by atoms with Crippen LogP contribution in [0.4, 0.5) is 17.3 Å².